The maximum atomic E-state index is 13.6. The number of nitrogens with zero attached hydrogens (tertiary/aromatic N) is 2. The summed E-state index contributed by atoms with van der Waals surface area (Å²) in [5.74, 6) is -0.862. The lowest BCUT2D eigenvalue weighted by atomic mass is 10.3. The van der Waals surface area contributed by atoms with Gasteiger partial charge in [-0.25, -0.2) is 12.8 Å². The van der Waals surface area contributed by atoms with E-state index >= 15 is 0 Å². The largest absolute Gasteiger partial charge is 0.340 e. The number of halogens is 1. The SMILES string of the molecule is CCN1CCn2cc(S(=O)(=O)Nc3ccccc3F)cc2C1=O. The Kier molecular flexibility index (Phi) is 3.85. The van der Waals surface area contributed by atoms with E-state index in [0.717, 1.165) is 0 Å². The predicted molar refractivity (Wildman–Crippen MR) is 83.2 cm³/mol. The molecule has 0 radical (unpaired) electrons. The summed E-state index contributed by atoms with van der Waals surface area (Å²) in [6.07, 6.45) is 1.41. The molecule has 0 unspecified atom stereocenters. The second kappa shape index (κ2) is 5.69. The lowest BCUT2D eigenvalue weighted by Gasteiger charge is -2.26. The van der Waals surface area contributed by atoms with Gasteiger partial charge in [0.15, 0.2) is 0 Å². The Morgan fingerprint density at radius 1 is 1.26 bits per heavy atom. The van der Waals surface area contributed by atoms with Gasteiger partial charge in [0, 0.05) is 25.8 Å². The van der Waals surface area contributed by atoms with E-state index in [2.05, 4.69) is 4.72 Å². The van der Waals surface area contributed by atoms with Crippen molar-refractivity contribution in [2.45, 2.75) is 18.4 Å². The van der Waals surface area contributed by atoms with Crippen LogP contribution in [0, 0.1) is 5.82 Å². The smallest absolute Gasteiger partial charge is 0.270 e. The highest BCUT2D eigenvalue weighted by atomic mass is 32.2. The zero-order valence-electron chi connectivity index (χ0n) is 12.5. The molecule has 2 aromatic rings. The van der Waals surface area contributed by atoms with E-state index in [1.807, 2.05) is 6.92 Å². The van der Waals surface area contributed by atoms with Gasteiger partial charge < -0.3 is 9.47 Å². The van der Waals surface area contributed by atoms with Crippen molar-refractivity contribution >= 4 is 21.6 Å². The fraction of sp³-hybridized carbons (Fsp3) is 0.267. The highest BCUT2D eigenvalue weighted by molar-refractivity contribution is 7.92. The zero-order valence-corrected chi connectivity index (χ0v) is 13.3. The quantitative estimate of drug-likeness (QED) is 0.926. The molecule has 0 spiro atoms. The predicted octanol–water partition coefficient (Wildman–Crippen LogP) is 1.90. The van der Waals surface area contributed by atoms with Crippen molar-refractivity contribution in [1.29, 1.82) is 0 Å². The van der Waals surface area contributed by atoms with Crippen LogP contribution in [0.5, 0.6) is 0 Å². The Morgan fingerprint density at radius 2 is 2.00 bits per heavy atom. The Morgan fingerprint density at radius 3 is 2.70 bits per heavy atom. The van der Waals surface area contributed by atoms with Gasteiger partial charge in [-0.1, -0.05) is 12.1 Å². The number of carbonyl (C=O) groups excluding carboxylic acids is 1. The molecule has 0 atom stereocenters. The minimum atomic E-state index is -3.96. The number of amides is 1. The number of hydrogen-bond acceptors (Lipinski definition) is 3. The second-order valence-corrected chi connectivity index (χ2v) is 6.91. The van der Waals surface area contributed by atoms with Crippen molar-refractivity contribution in [1.82, 2.24) is 9.47 Å². The first kappa shape index (κ1) is 15.5. The van der Waals surface area contributed by atoms with Crippen molar-refractivity contribution in [3.8, 4) is 0 Å². The topological polar surface area (TPSA) is 71.4 Å². The molecule has 1 amide bonds. The average Bonchev–Trinajstić information content (AvgIpc) is 2.96. The molecule has 0 bridgehead atoms. The third kappa shape index (κ3) is 2.81. The van der Waals surface area contributed by atoms with Crippen LogP contribution in [0.1, 0.15) is 17.4 Å². The van der Waals surface area contributed by atoms with Crippen LogP contribution in [0.2, 0.25) is 0 Å². The summed E-state index contributed by atoms with van der Waals surface area (Å²) in [7, 11) is -3.96. The molecule has 1 aromatic carbocycles. The molecule has 2 heterocycles. The van der Waals surface area contributed by atoms with Gasteiger partial charge in [-0.15, -0.1) is 0 Å². The van der Waals surface area contributed by atoms with Gasteiger partial charge in [-0.05, 0) is 25.1 Å². The summed E-state index contributed by atoms with van der Waals surface area (Å²) in [6.45, 7) is 3.51. The van der Waals surface area contributed by atoms with Gasteiger partial charge >= 0.3 is 0 Å². The van der Waals surface area contributed by atoms with Crippen LogP contribution in [-0.2, 0) is 16.6 Å². The minimum absolute atomic E-state index is 0.0537. The van der Waals surface area contributed by atoms with Crippen LogP contribution in [0.4, 0.5) is 10.1 Å². The zero-order chi connectivity index (χ0) is 16.6. The number of sulfonamides is 1. The summed E-state index contributed by atoms with van der Waals surface area (Å²) in [4.78, 5) is 13.8. The van der Waals surface area contributed by atoms with Crippen LogP contribution in [0.15, 0.2) is 41.4 Å². The number of benzene rings is 1. The van der Waals surface area contributed by atoms with E-state index in [9.17, 15) is 17.6 Å². The molecule has 6 nitrogen and oxygen atoms in total. The molecule has 0 aliphatic carbocycles. The van der Waals surface area contributed by atoms with Crippen LogP contribution in [0.25, 0.3) is 0 Å². The van der Waals surface area contributed by atoms with Gasteiger partial charge in [-0.3, -0.25) is 9.52 Å². The molecular formula is C15H16FN3O3S. The molecule has 3 rings (SSSR count). The maximum absolute atomic E-state index is 13.6. The van der Waals surface area contributed by atoms with Crippen LogP contribution in [0.3, 0.4) is 0 Å². The number of para-hydroxylation sites is 1. The summed E-state index contributed by atoms with van der Waals surface area (Å²) >= 11 is 0. The molecule has 1 N–H and O–H groups in total. The molecule has 1 aliphatic rings. The molecule has 23 heavy (non-hydrogen) atoms. The molecular weight excluding hydrogens is 321 g/mol. The normalized spacial score (nSPS) is 14.7. The standard InChI is InChI=1S/C15H16FN3O3S/c1-2-18-7-8-19-10-11(9-14(19)15(18)20)23(21,22)17-13-6-4-3-5-12(13)16/h3-6,9-10,17H,2,7-8H2,1H3. The Balaban J connectivity index is 1.93. The second-order valence-electron chi connectivity index (χ2n) is 5.22. The molecule has 122 valence electrons. The van der Waals surface area contributed by atoms with E-state index in [-0.39, 0.29) is 16.5 Å². The van der Waals surface area contributed by atoms with Gasteiger partial charge in [-0.2, -0.15) is 0 Å². The lowest BCUT2D eigenvalue weighted by Crippen LogP contribution is -2.39. The molecule has 8 heteroatoms. The van der Waals surface area contributed by atoms with Crippen LogP contribution in [-0.4, -0.2) is 36.9 Å². The molecule has 0 saturated carbocycles. The Hall–Kier alpha value is -2.35. The summed E-state index contributed by atoms with van der Waals surface area (Å²) in [5, 5.41) is 0. The number of nitrogens with one attached hydrogen (secondary N) is 1. The monoisotopic (exact) mass is 337 g/mol. The fourth-order valence-electron chi connectivity index (χ4n) is 2.54. The van der Waals surface area contributed by atoms with Gasteiger partial charge in [0.1, 0.15) is 16.4 Å². The average molecular weight is 337 g/mol. The van der Waals surface area contributed by atoms with Gasteiger partial charge in [0.2, 0.25) is 0 Å². The van der Waals surface area contributed by atoms with Gasteiger partial charge in [0.25, 0.3) is 15.9 Å². The van der Waals surface area contributed by atoms with E-state index in [0.29, 0.717) is 25.3 Å². The summed E-state index contributed by atoms with van der Waals surface area (Å²) in [6, 6.07) is 6.85. The summed E-state index contributed by atoms with van der Waals surface area (Å²) < 4.78 is 42.3. The van der Waals surface area contributed by atoms with Crippen molar-refractivity contribution in [2.75, 3.05) is 17.8 Å². The van der Waals surface area contributed by atoms with Crippen molar-refractivity contribution in [3.05, 3.63) is 48.0 Å². The first-order valence-corrected chi connectivity index (χ1v) is 8.67. The van der Waals surface area contributed by atoms with Crippen molar-refractivity contribution < 1.29 is 17.6 Å². The third-order valence-corrected chi connectivity index (χ3v) is 5.13. The maximum Gasteiger partial charge on any atom is 0.270 e. The van der Waals surface area contributed by atoms with E-state index in [1.165, 1.54) is 36.5 Å². The first-order valence-electron chi connectivity index (χ1n) is 7.19. The third-order valence-electron chi connectivity index (χ3n) is 3.80. The number of carbonyl (C=O) groups is 1. The van der Waals surface area contributed by atoms with E-state index < -0.39 is 15.8 Å². The van der Waals surface area contributed by atoms with Crippen molar-refractivity contribution in [2.24, 2.45) is 0 Å². The van der Waals surface area contributed by atoms with E-state index in [1.54, 1.807) is 9.47 Å². The molecule has 1 aliphatic heterocycles. The number of likely N-dealkylation sites (N-methyl/N-ethyl adjacent to an activating group) is 1. The number of rotatable bonds is 4. The summed E-state index contributed by atoms with van der Waals surface area (Å²) in [5.41, 5.74) is 0.199. The number of anilines is 1. The van der Waals surface area contributed by atoms with Gasteiger partial charge in [0.05, 0.1) is 5.69 Å². The number of fused-ring (bicyclic) bond motifs is 1. The van der Waals surface area contributed by atoms with Crippen LogP contribution >= 0.6 is 0 Å². The molecule has 0 fully saturated rings. The first-order chi connectivity index (χ1) is 10.9. The fourth-order valence-corrected chi connectivity index (χ4v) is 3.64. The Labute approximate surface area is 133 Å². The minimum Gasteiger partial charge on any atom is -0.340 e. The Bertz CT molecular complexity index is 861. The molecule has 0 saturated heterocycles. The highest BCUT2D eigenvalue weighted by Crippen LogP contribution is 2.23. The number of hydrogen-bond donors (Lipinski definition) is 1. The highest BCUT2D eigenvalue weighted by Gasteiger charge is 2.27. The lowest BCUT2D eigenvalue weighted by molar-refractivity contribution is 0.0715. The van der Waals surface area contributed by atoms with Crippen LogP contribution < -0.4 is 4.72 Å². The number of aromatic nitrogens is 1. The van der Waals surface area contributed by atoms with E-state index in [4.69, 9.17) is 0 Å². The molecule has 1 aromatic heterocycles. The van der Waals surface area contributed by atoms with Crippen molar-refractivity contribution in [3.63, 3.8) is 0 Å².